The van der Waals surface area contributed by atoms with Gasteiger partial charge in [-0.15, -0.1) is 0 Å². The van der Waals surface area contributed by atoms with Crippen LogP contribution in [0, 0.1) is 6.92 Å². The van der Waals surface area contributed by atoms with E-state index < -0.39 is 12.2 Å². The summed E-state index contributed by atoms with van der Waals surface area (Å²) in [5, 5.41) is 9.07. The number of hydrogen-bond acceptors (Lipinski definition) is 3. The van der Waals surface area contributed by atoms with E-state index in [1.54, 1.807) is 13.0 Å². The summed E-state index contributed by atoms with van der Waals surface area (Å²) in [5.41, 5.74) is 0.407. The lowest BCUT2D eigenvalue weighted by Crippen LogP contribution is -2.37. The molecule has 0 unspecified atom stereocenters. The minimum atomic E-state index is -1.05. The third-order valence-electron chi connectivity index (χ3n) is 2.81. The first-order valence-corrected chi connectivity index (χ1v) is 5.23. The Morgan fingerprint density at radius 1 is 1.75 bits per heavy atom. The van der Waals surface area contributed by atoms with Gasteiger partial charge in [-0.25, -0.2) is 4.39 Å². The summed E-state index contributed by atoms with van der Waals surface area (Å²) in [5.74, 6) is 0.357. The number of aryl methyl sites for hydroxylation is 1. The molecule has 1 aromatic heterocycles. The maximum absolute atomic E-state index is 13.2. The first kappa shape index (κ1) is 11.1. The Kier molecular flexibility index (Phi) is 2.96. The van der Waals surface area contributed by atoms with Crippen molar-refractivity contribution in [1.29, 1.82) is 0 Å². The van der Waals surface area contributed by atoms with Crippen LogP contribution in [0.4, 0.5) is 4.39 Å². The van der Waals surface area contributed by atoms with Gasteiger partial charge >= 0.3 is 0 Å². The van der Waals surface area contributed by atoms with Gasteiger partial charge in [0.1, 0.15) is 18.2 Å². The van der Waals surface area contributed by atoms with Crippen molar-refractivity contribution in [3.8, 4) is 0 Å². The smallest absolute Gasteiger partial charge is 0.257 e. The molecule has 5 heteroatoms. The highest BCUT2D eigenvalue weighted by Gasteiger charge is 2.35. The molecule has 1 amide bonds. The van der Waals surface area contributed by atoms with Gasteiger partial charge in [0.25, 0.3) is 5.91 Å². The van der Waals surface area contributed by atoms with Crippen molar-refractivity contribution in [2.24, 2.45) is 0 Å². The van der Waals surface area contributed by atoms with Crippen LogP contribution in [-0.2, 0) is 0 Å². The van der Waals surface area contributed by atoms with Crippen LogP contribution in [0.3, 0.4) is 0 Å². The average Bonchev–Trinajstić information content (AvgIpc) is 2.83. The van der Waals surface area contributed by atoms with Crippen LogP contribution in [0.1, 0.15) is 22.5 Å². The van der Waals surface area contributed by atoms with Gasteiger partial charge in [0, 0.05) is 6.42 Å². The normalized spacial score (nSPS) is 25.1. The summed E-state index contributed by atoms with van der Waals surface area (Å²) in [4.78, 5) is 13.3. The number of rotatable bonds is 2. The molecule has 0 bridgehead atoms. The van der Waals surface area contributed by atoms with Crippen LogP contribution >= 0.6 is 0 Å². The van der Waals surface area contributed by atoms with Crippen molar-refractivity contribution in [3.05, 3.63) is 23.7 Å². The maximum atomic E-state index is 13.2. The number of nitrogens with zero attached hydrogens (tertiary/aromatic N) is 1. The van der Waals surface area contributed by atoms with Crippen molar-refractivity contribution < 1.29 is 18.7 Å². The molecular formula is C11H14FNO3. The number of alkyl halides is 1. The Morgan fingerprint density at radius 3 is 3.06 bits per heavy atom. The minimum absolute atomic E-state index is 0.0499. The number of aliphatic hydroxyl groups is 1. The number of furan rings is 1. The van der Waals surface area contributed by atoms with Crippen LogP contribution in [0.15, 0.2) is 16.7 Å². The average molecular weight is 227 g/mol. The highest BCUT2D eigenvalue weighted by molar-refractivity contribution is 5.94. The Hall–Kier alpha value is -1.36. The molecule has 16 heavy (non-hydrogen) atoms. The van der Waals surface area contributed by atoms with Gasteiger partial charge in [0.05, 0.1) is 24.8 Å². The molecule has 1 N–H and O–H groups in total. The number of carbonyl (C=O) groups excluding carboxylic acids is 1. The van der Waals surface area contributed by atoms with Gasteiger partial charge in [0.2, 0.25) is 0 Å². The molecule has 88 valence electrons. The van der Waals surface area contributed by atoms with Crippen molar-refractivity contribution in [1.82, 2.24) is 4.90 Å². The van der Waals surface area contributed by atoms with E-state index in [4.69, 9.17) is 9.52 Å². The van der Waals surface area contributed by atoms with Gasteiger partial charge in [-0.1, -0.05) is 0 Å². The lowest BCUT2D eigenvalue weighted by Gasteiger charge is -2.21. The molecule has 1 aliphatic rings. The van der Waals surface area contributed by atoms with E-state index in [2.05, 4.69) is 0 Å². The SMILES string of the molecule is Cc1cc(C(=O)N2C[C@@H](F)C[C@H]2CO)co1. The summed E-state index contributed by atoms with van der Waals surface area (Å²) in [6, 6.07) is 1.19. The number of hydrogen-bond donors (Lipinski definition) is 1. The van der Waals surface area contributed by atoms with Gasteiger partial charge < -0.3 is 14.4 Å². The Labute approximate surface area is 92.7 Å². The third-order valence-corrected chi connectivity index (χ3v) is 2.81. The molecule has 2 atom stereocenters. The zero-order valence-corrected chi connectivity index (χ0v) is 9.02. The second-order valence-corrected chi connectivity index (χ2v) is 4.07. The number of aliphatic hydroxyl groups excluding tert-OH is 1. The summed E-state index contributed by atoms with van der Waals surface area (Å²) in [6.45, 7) is 1.58. The number of amides is 1. The molecule has 4 nitrogen and oxygen atoms in total. The molecule has 0 radical (unpaired) electrons. The molecule has 1 aromatic rings. The van der Waals surface area contributed by atoms with E-state index in [1.807, 2.05) is 0 Å². The highest BCUT2D eigenvalue weighted by Crippen LogP contribution is 2.22. The zero-order chi connectivity index (χ0) is 11.7. The van der Waals surface area contributed by atoms with Crippen LogP contribution in [-0.4, -0.2) is 41.3 Å². The van der Waals surface area contributed by atoms with Crippen molar-refractivity contribution in [3.63, 3.8) is 0 Å². The standard InChI is InChI=1S/C11H14FNO3/c1-7-2-8(6-16-7)11(15)13-4-9(12)3-10(13)5-14/h2,6,9-10,14H,3-5H2,1H3/t9-,10-/m0/s1. The fraction of sp³-hybridized carbons (Fsp3) is 0.545. The van der Waals surface area contributed by atoms with Gasteiger partial charge in [-0.05, 0) is 13.0 Å². The van der Waals surface area contributed by atoms with Crippen LogP contribution in [0.2, 0.25) is 0 Å². The molecular weight excluding hydrogens is 213 g/mol. The third kappa shape index (κ3) is 1.95. The van der Waals surface area contributed by atoms with Crippen LogP contribution in [0.5, 0.6) is 0 Å². The Morgan fingerprint density at radius 2 is 2.50 bits per heavy atom. The quantitative estimate of drug-likeness (QED) is 0.824. The van der Waals surface area contributed by atoms with E-state index in [0.29, 0.717) is 11.3 Å². The topological polar surface area (TPSA) is 53.7 Å². The van der Waals surface area contributed by atoms with E-state index in [0.717, 1.165) is 0 Å². The van der Waals surface area contributed by atoms with Gasteiger partial charge in [-0.2, -0.15) is 0 Å². The predicted octanol–water partition coefficient (Wildman–Crippen LogP) is 1.13. The molecule has 0 spiro atoms. The fourth-order valence-corrected chi connectivity index (χ4v) is 2.00. The second kappa shape index (κ2) is 4.25. The van der Waals surface area contributed by atoms with Crippen LogP contribution in [0.25, 0.3) is 0 Å². The molecule has 1 fully saturated rings. The number of halogens is 1. The van der Waals surface area contributed by atoms with Crippen molar-refractivity contribution in [2.75, 3.05) is 13.2 Å². The Balaban J connectivity index is 2.15. The van der Waals surface area contributed by atoms with Crippen molar-refractivity contribution >= 4 is 5.91 Å². The number of likely N-dealkylation sites (tertiary alicyclic amines) is 1. The summed E-state index contributed by atoms with van der Waals surface area (Å²) in [7, 11) is 0. The van der Waals surface area contributed by atoms with Gasteiger partial charge in [0.15, 0.2) is 0 Å². The van der Waals surface area contributed by atoms with E-state index in [1.165, 1.54) is 11.2 Å². The number of carbonyl (C=O) groups is 1. The van der Waals surface area contributed by atoms with Crippen LogP contribution < -0.4 is 0 Å². The summed E-state index contributed by atoms with van der Waals surface area (Å²) >= 11 is 0. The first-order valence-electron chi connectivity index (χ1n) is 5.23. The lowest BCUT2D eigenvalue weighted by atomic mass is 10.2. The summed E-state index contributed by atoms with van der Waals surface area (Å²) in [6.07, 6.45) is 0.519. The molecule has 0 aliphatic carbocycles. The molecule has 1 aliphatic heterocycles. The molecule has 0 aromatic carbocycles. The summed E-state index contributed by atoms with van der Waals surface area (Å²) < 4.78 is 18.2. The minimum Gasteiger partial charge on any atom is -0.469 e. The first-order chi connectivity index (χ1) is 7.61. The Bertz CT molecular complexity index is 390. The molecule has 2 rings (SSSR count). The van der Waals surface area contributed by atoms with Gasteiger partial charge in [-0.3, -0.25) is 4.79 Å². The van der Waals surface area contributed by atoms with E-state index in [-0.39, 0.29) is 25.5 Å². The molecule has 1 saturated heterocycles. The largest absolute Gasteiger partial charge is 0.469 e. The monoisotopic (exact) mass is 227 g/mol. The maximum Gasteiger partial charge on any atom is 0.257 e. The molecule has 0 saturated carbocycles. The highest BCUT2D eigenvalue weighted by atomic mass is 19.1. The second-order valence-electron chi connectivity index (χ2n) is 4.07. The van der Waals surface area contributed by atoms with Crippen molar-refractivity contribution in [2.45, 2.75) is 25.6 Å². The molecule has 2 heterocycles. The predicted molar refractivity (Wildman–Crippen MR) is 54.9 cm³/mol. The zero-order valence-electron chi connectivity index (χ0n) is 9.02. The fourth-order valence-electron chi connectivity index (χ4n) is 2.00. The van der Waals surface area contributed by atoms with E-state index >= 15 is 0 Å². The van der Waals surface area contributed by atoms with E-state index in [9.17, 15) is 9.18 Å². The lowest BCUT2D eigenvalue weighted by molar-refractivity contribution is 0.0672.